The molecule has 0 fully saturated rings. The molecule has 1 aromatic carbocycles. The number of halogens is 1. The Morgan fingerprint density at radius 3 is 2.55 bits per heavy atom. The first kappa shape index (κ1) is 22.7. The number of aliphatic hydroxyl groups excluding tert-OH is 1. The molecule has 2 aromatic rings. The third-order valence-electron chi connectivity index (χ3n) is 4.50. The number of allylic oxidation sites excluding steroid dienone is 1. The number of rotatable bonds is 7. The maximum atomic E-state index is 12.4. The first-order chi connectivity index (χ1) is 13.6. The lowest BCUT2D eigenvalue weighted by Crippen LogP contribution is -2.37. The summed E-state index contributed by atoms with van der Waals surface area (Å²) in [5.41, 5.74) is 1.10. The molecule has 152 valence electrons. The lowest BCUT2D eigenvalue weighted by Gasteiger charge is -2.27. The highest BCUT2D eigenvalue weighted by Gasteiger charge is 2.35. The summed E-state index contributed by atoms with van der Waals surface area (Å²) in [4.78, 5) is 30.1. The third-order valence-corrected chi connectivity index (χ3v) is 4.75. The van der Waals surface area contributed by atoms with E-state index in [-0.39, 0.29) is 18.5 Å². The van der Waals surface area contributed by atoms with Crippen LogP contribution in [0, 0.1) is 0 Å². The monoisotopic (exact) mass is 416 g/mol. The van der Waals surface area contributed by atoms with Gasteiger partial charge in [-0.25, -0.2) is 4.79 Å². The highest BCUT2D eigenvalue weighted by atomic mass is 35.5. The number of hydrogen-bond acceptors (Lipinski definition) is 6. The standard InChI is InChI=1S/C18H23B2ClN4O4/c1-11(10-26)8-24(2)17(28)25(3)9-14-22-16(23-29-14)18(19,20)15(27)12-4-6-13(21)7-5-12/h4-8,10,15,27H,9,19-20H2,1-3H3/b11-8-. The van der Waals surface area contributed by atoms with Crippen LogP contribution >= 0.6 is 11.6 Å². The molecule has 0 spiro atoms. The predicted octanol–water partition coefficient (Wildman–Crippen LogP) is 0.462. The Morgan fingerprint density at radius 2 is 1.97 bits per heavy atom. The fourth-order valence-corrected chi connectivity index (χ4v) is 2.82. The van der Waals surface area contributed by atoms with Gasteiger partial charge in [0.1, 0.15) is 28.5 Å². The highest BCUT2D eigenvalue weighted by molar-refractivity contribution is 6.40. The van der Waals surface area contributed by atoms with Crippen molar-refractivity contribution in [2.75, 3.05) is 14.1 Å². The van der Waals surface area contributed by atoms with Crippen LogP contribution in [0.1, 0.15) is 30.3 Å². The van der Waals surface area contributed by atoms with Gasteiger partial charge in [0.25, 0.3) is 0 Å². The van der Waals surface area contributed by atoms with E-state index < -0.39 is 11.3 Å². The summed E-state index contributed by atoms with van der Waals surface area (Å²) in [6.45, 7) is 1.69. The summed E-state index contributed by atoms with van der Waals surface area (Å²) in [5.74, 6) is 0.553. The average Bonchev–Trinajstić information content (AvgIpc) is 3.16. The highest BCUT2D eigenvalue weighted by Crippen LogP contribution is 2.31. The van der Waals surface area contributed by atoms with Crippen LogP contribution in [0.3, 0.4) is 0 Å². The van der Waals surface area contributed by atoms with Crippen LogP contribution in [-0.2, 0) is 16.6 Å². The number of aromatic nitrogens is 2. The van der Waals surface area contributed by atoms with Crippen molar-refractivity contribution in [1.29, 1.82) is 0 Å². The summed E-state index contributed by atoms with van der Waals surface area (Å²) in [6.07, 6.45) is 1.23. The maximum absolute atomic E-state index is 12.4. The number of benzene rings is 1. The Labute approximate surface area is 176 Å². The van der Waals surface area contributed by atoms with Gasteiger partial charge in [-0.05, 0) is 24.6 Å². The van der Waals surface area contributed by atoms with Crippen LogP contribution in [0.4, 0.5) is 4.79 Å². The van der Waals surface area contributed by atoms with E-state index in [4.69, 9.17) is 16.1 Å². The predicted molar refractivity (Wildman–Crippen MR) is 114 cm³/mol. The van der Waals surface area contributed by atoms with Crippen LogP contribution < -0.4 is 0 Å². The quantitative estimate of drug-likeness (QED) is 0.400. The van der Waals surface area contributed by atoms with Crippen molar-refractivity contribution < 1.29 is 19.2 Å². The molecule has 2 rings (SSSR count). The number of hydrogen-bond donors (Lipinski definition) is 1. The molecule has 0 saturated carbocycles. The summed E-state index contributed by atoms with van der Waals surface area (Å²) >= 11 is 5.91. The Morgan fingerprint density at radius 1 is 1.34 bits per heavy atom. The number of urea groups is 1. The zero-order valence-electron chi connectivity index (χ0n) is 17.1. The van der Waals surface area contributed by atoms with Gasteiger partial charge in [0.05, 0.1) is 6.10 Å². The molecule has 29 heavy (non-hydrogen) atoms. The first-order valence-electron chi connectivity index (χ1n) is 8.94. The Hall–Kier alpha value is -2.58. The van der Waals surface area contributed by atoms with Crippen molar-refractivity contribution in [1.82, 2.24) is 19.9 Å². The second kappa shape index (κ2) is 9.28. The Balaban J connectivity index is 2.12. The minimum absolute atomic E-state index is 0.0806. The lowest BCUT2D eigenvalue weighted by molar-refractivity contribution is -0.104. The van der Waals surface area contributed by atoms with Crippen molar-refractivity contribution >= 4 is 39.6 Å². The van der Waals surface area contributed by atoms with Crippen LogP contribution in [0.15, 0.2) is 40.6 Å². The van der Waals surface area contributed by atoms with Crippen molar-refractivity contribution in [3.8, 4) is 0 Å². The van der Waals surface area contributed by atoms with E-state index in [1.165, 1.54) is 16.0 Å². The van der Waals surface area contributed by atoms with Gasteiger partial charge in [-0.15, -0.1) is 0 Å². The fraction of sp³-hybridized carbons (Fsp3) is 0.333. The summed E-state index contributed by atoms with van der Waals surface area (Å²) in [5, 5.41) is 14.5. The second-order valence-corrected chi connectivity index (χ2v) is 7.86. The molecule has 0 aliphatic rings. The Bertz CT molecular complexity index is 902. The number of carbonyl (C=O) groups is 2. The van der Waals surface area contributed by atoms with Crippen LogP contribution in [0.2, 0.25) is 5.02 Å². The Kier molecular flexibility index (Phi) is 7.26. The fourth-order valence-electron chi connectivity index (χ4n) is 2.70. The number of aliphatic hydroxyl groups is 1. The van der Waals surface area contributed by atoms with Gasteiger partial charge in [0.15, 0.2) is 5.82 Å². The van der Waals surface area contributed by atoms with Gasteiger partial charge in [-0.2, -0.15) is 4.98 Å². The molecule has 0 aliphatic heterocycles. The smallest absolute Gasteiger partial charge is 0.323 e. The number of carbonyl (C=O) groups excluding carboxylic acids is 2. The van der Waals surface area contributed by atoms with Crippen LogP contribution in [-0.4, -0.2) is 67.2 Å². The van der Waals surface area contributed by atoms with E-state index >= 15 is 0 Å². The molecular formula is C18H23B2ClN4O4. The van der Waals surface area contributed by atoms with Gasteiger partial charge in [0.2, 0.25) is 5.89 Å². The lowest BCUT2D eigenvalue weighted by atomic mass is 9.50. The third kappa shape index (κ3) is 5.48. The van der Waals surface area contributed by atoms with E-state index in [1.54, 1.807) is 61.0 Å². The molecule has 1 N–H and O–H groups in total. The van der Waals surface area contributed by atoms with Gasteiger partial charge < -0.3 is 19.4 Å². The molecule has 0 bridgehead atoms. The molecule has 0 saturated heterocycles. The SMILES string of the molecule is BC(B)(c1noc(CN(C)C(=O)N(C)/C=C(/C)C=O)n1)C(O)c1ccc(Cl)cc1. The normalized spacial score (nSPS) is 13.1. The molecule has 11 heteroatoms. The number of nitrogens with zero attached hydrogens (tertiary/aromatic N) is 4. The molecule has 8 nitrogen and oxygen atoms in total. The zero-order chi connectivity index (χ0) is 21.8. The van der Waals surface area contributed by atoms with Gasteiger partial charge in [0, 0.05) is 36.1 Å². The molecule has 1 aromatic heterocycles. The molecule has 0 radical (unpaired) electrons. The van der Waals surface area contributed by atoms with Gasteiger partial charge in [-0.3, -0.25) is 4.79 Å². The summed E-state index contributed by atoms with van der Waals surface area (Å²) in [7, 11) is 6.74. The molecule has 0 aliphatic carbocycles. The first-order valence-corrected chi connectivity index (χ1v) is 9.32. The topological polar surface area (TPSA) is 99.8 Å². The van der Waals surface area contributed by atoms with Crippen LogP contribution in [0.25, 0.3) is 0 Å². The zero-order valence-corrected chi connectivity index (χ0v) is 17.8. The average molecular weight is 416 g/mol. The number of aldehydes is 1. The molecule has 1 atom stereocenters. The minimum Gasteiger partial charge on any atom is -0.389 e. The minimum atomic E-state index is -0.882. The van der Waals surface area contributed by atoms with Gasteiger partial charge >= 0.3 is 6.03 Å². The molecule has 2 amide bonds. The van der Waals surface area contributed by atoms with E-state index in [2.05, 4.69) is 10.1 Å². The molecular weight excluding hydrogens is 393 g/mol. The second-order valence-electron chi connectivity index (χ2n) is 7.43. The van der Waals surface area contributed by atoms with E-state index in [0.29, 0.717) is 28.3 Å². The summed E-state index contributed by atoms with van der Waals surface area (Å²) in [6, 6.07) is 6.55. The largest absolute Gasteiger partial charge is 0.389 e. The van der Waals surface area contributed by atoms with E-state index in [0.717, 1.165) is 0 Å². The van der Waals surface area contributed by atoms with E-state index in [1.807, 2.05) is 0 Å². The molecule has 1 heterocycles. The molecule has 1 unspecified atom stereocenters. The van der Waals surface area contributed by atoms with Crippen molar-refractivity contribution in [2.45, 2.75) is 24.8 Å². The van der Waals surface area contributed by atoms with Gasteiger partial charge in [-0.1, -0.05) is 28.9 Å². The van der Waals surface area contributed by atoms with Crippen LogP contribution in [0.5, 0.6) is 0 Å². The summed E-state index contributed by atoms with van der Waals surface area (Å²) < 4.78 is 5.28. The van der Waals surface area contributed by atoms with E-state index in [9.17, 15) is 14.7 Å². The van der Waals surface area contributed by atoms with Crippen molar-refractivity contribution in [3.05, 3.63) is 58.3 Å². The van der Waals surface area contributed by atoms with Crippen molar-refractivity contribution in [3.63, 3.8) is 0 Å². The maximum Gasteiger partial charge on any atom is 0.323 e. The van der Waals surface area contributed by atoms with Crippen molar-refractivity contribution in [2.24, 2.45) is 0 Å². The number of amides is 2.